The van der Waals surface area contributed by atoms with E-state index in [0.29, 0.717) is 34.7 Å². The Balaban J connectivity index is 2.03. The largest absolute Gasteiger partial charge is 0.383 e. The number of rotatable bonds is 6. The molecule has 2 N–H and O–H groups in total. The van der Waals surface area contributed by atoms with E-state index in [1.54, 1.807) is 37.4 Å². The van der Waals surface area contributed by atoms with Crippen molar-refractivity contribution in [1.82, 2.24) is 15.5 Å². The van der Waals surface area contributed by atoms with Crippen molar-refractivity contribution >= 4 is 40.6 Å². The molecule has 1 amide bonds. The van der Waals surface area contributed by atoms with Crippen molar-refractivity contribution in [2.24, 2.45) is 0 Å². The Bertz CT molecular complexity index is 650. The predicted molar refractivity (Wildman–Crippen MR) is 86.0 cm³/mol. The molecule has 2 aromatic rings. The van der Waals surface area contributed by atoms with E-state index < -0.39 is 0 Å². The van der Waals surface area contributed by atoms with E-state index in [1.165, 1.54) is 0 Å². The molecule has 0 fully saturated rings. The van der Waals surface area contributed by atoms with Crippen molar-refractivity contribution in [3.05, 3.63) is 46.1 Å². The molecule has 0 atom stereocenters. The van der Waals surface area contributed by atoms with Gasteiger partial charge in [0, 0.05) is 13.7 Å². The highest BCUT2D eigenvalue weighted by atomic mass is 35.5. The Kier molecular flexibility index (Phi) is 5.94. The van der Waals surface area contributed by atoms with Crippen LogP contribution in [0.15, 0.2) is 30.3 Å². The van der Waals surface area contributed by atoms with Crippen LogP contribution in [-0.4, -0.2) is 36.4 Å². The van der Waals surface area contributed by atoms with Crippen LogP contribution in [0, 0.1) is 0 Å². The molecule has 0 aliphatic heterocycles. The maximum absolute atomic E-state index is 11.8. The second-order valence-corrected chi connectivity index (χ2v) is 5.06. The van der Waals surface area contributed by atoms with E-state index in [2.05, 4.69) is 20.8 Å². The fraction of sp³-hybridized carbons (Fsp3) is 0.214. The van der Waals surface area contributed by atoms with Gasteiger partial charge < -0.3 is 15.4 Å². The second-order valence-electron chi connectivity index (χ2n) is 4.28. The molecule has 1 heterocycles. The minimum absolute atomic E-state index is 0.221. The minimum atomic E-state index is -0.308. The summed E-state index contributed by atoms with van der Waals surface area (Å²) in [6.45, 7) is 0.848. The zero-order valence-corrected chi connectivity index (χ0v) is 13.3. The van der Waals surface area contributed by atoms with Crippen molar-refractivity contribution in [3.8, 4) is 0 Å². The first kappa shape index (κ1) is 16.5. The lowest BCUT2D eigenvalue weighted by Crippen LogP contribution is -2.27. The van der Waals surface area contributed by atoms with Gasteiger partial charge in [0.05, 0.1) is 22.3 Å². The molecule has 6 nitrogen and oxygen atoms in total. The van der Waals surface area contributed by atoms with Crippen molar-refractivity contribution in [2.45, 2.75) is 0 Å². The molecule has 8 heteroatoms. The van der Waals surface area contributed by atoms with Crippen molar-refractivity contribution < 1.29 is 9.53 Å². The first-order valence-corrected chi connectivity index (χ1v) is 7.19. The zero-order chi connectivity index (χ0) is 15.9. The standard InChI is InChI=1S/C14H14Cl2N4O2/c1-22-8-7-17-14(21)11-5-6-12(20-19-11)18-10-4-2-3-9(15)13(10)16/h2-6H,7-8H2,1H3,(H,17,21)(H,18,20). The number of halogens is 2. The maximum atomic E-state index is 11.8. The van der Waals surface area contributed by atoms with Gasteiger partial charge in [0.25, 0.3) is 5.91 Å². The molecule has 1 aromatic heterocycles. The highest BCUT2D eigenvalue weighted by Gasteiger charge is 2.09. The van der Waals surface area contributed by atoms with E-state index in [0.717, 1.165) is 0 Å². The van der Waals surface area contributed by atoms with Crippen LogP contribution >= 0.6 is 23.2 Å². The number of ether oxygens (including phenoxy) is 1. The molecular weight excluding hydrogens is 327 g/mol. The summed E-state index contributed by atoms with van der Waals surface area (Å²) in [5.41, 5.74) is 0.833. The number of anilines is 2. The molecule has 0 saturated heterocycles. The van der Waals surface area contributed by atoms with E-state index in [1.807, 2.05) is 0 Å². The van der Waals surface area contributed by atoms with Crippen LogP contribution in [0.1, 0.15) is 10.5 Å². The minimum Gasteiger partial charge on any atom is -0.383 e. The summed E-state index contributed by atoms with van der Waals surface area (Å²) in [5.74, 6) is 0.148. The topological polar surface area (TPSA) is 76.1 Å². The SMILES string of the molecule is COCCNC(=O)c1ccc(Nc2cccc(Cl)c2Cl)nn1. The summed E-state index contributed by atoms with van der Waals surface area (Å²) in [7, 11) is 1.56. The van der Waals surface area contributed by atoms with Gasteiger partial charge in [0.2, 0.25) is 0 Å². The molecule has 2 rings (SSSR count). The summed E-state index contributed by atoms with van der Waals surface area (Å²) in [5, 5.41) is 14.3. The molecular formula is C14H14Cl2N4O2. The number of benzene rings is 1. The first-order chi connectivity index (χ1) is 10.6. The molecule has 1 aromatic carbocycles. The summed E-state index contributed by atoms with van der Waals surface area (Å²) in [6.07, 6.45) is 0. The van der Waals surface area contributed by atoms with Gasteiger partial charge in [-0.15, -0.1) is 10.2 Å². The second kappa shape index (κ2) is 7.93. The third-order valence-electron chi connectivity index (χ3n) is 2.70. The lowest BCUT2D eigenvalue weighted by molar-refractivity contribution is 0.0931. The smallest absolute Gasteiger partial charge is 0.271 e. The van der Waals surface area contributed by atoms with E-state index in [-0.39, 0.29) is 11.6 Å². The van der Waals surface area contributed by atoms with Crippen LogP contribution in [0.5, 0.6) is 0 Å². The van der Waals surface area contributed by atoms with Gasteiger partial charge in [-0.3, -0.25) is 4.79 Å². The van der Waals surface area contributed by atoms with Crippen LogP contribution in [0.3, 0.4) is 0 Å². The monoisotopic (exact) mass is 340 g/mol. The number of amides is 1. The van der Waals surface area contributed by atoms with E-state index in [9.17, 15) is 4.79 Å². The number of aromatic nitrogens is 2. The maximum Gasteiger partial charge on any atom is 0.271 e. The normalized spacial score (nSPS) is 10.3. The lowest BCUT2D eigenvalue weighted by Gasteiger charge is -2.08. The Labute approximate surface area is 137 Å². The van der Waals surface area contributed by atoms with Crippen LogP contribution in [0.2, 0.25) is 10.0 Å². The average Bonchev–Trinajstić information content (AvgIpc) is 2.53. The van der Waals surface area contributed by atoms with Crippen LogP contribution in [-0.2, 0) is 4.74 Å². The number of nitrogens with zero attached hydrogens (tertiary/aromatic N) is 2. The summed E-state index contributed by atoms with van der Waals surface area (Å²) in [4.78, 5) is 11.8. The first-order valence-electron chi connectivity index (χ1n) is 6.43. The highest BCUT2D eigenvalue weighted by Crippen LogP contribution is 2.31. The van der Waals surface area contributed by atoms with E-state index in [4.69, 9.17) is 27.9 Å². The molecule has 0 aliphatic rings. The Morgan fingerprint density at radius 1 is 1.23 bits per heavy atom. The molecule has 0 radical (unpaired) electrons. The fourth-order valence-electron chi connectivity index (χ4n) is 1.62. The Morgan fingerprint density at radius 3 is 2.73 bits per heavy atom. The van der Waals surface area contributed by atoms with Gasteiger partial charge in [0.1, 0.15) is 0 Å². The van der Waals surface area contributed by atoms with Gasteiger partial charge in [-0.05, 0) is 24.3 Å². The highest BCUT2D eigenvalue weighted by molar-refractivity contribution is 6.43. The van der Waals surface area contributed by atoms with Crippen molar-refractivity contribution in [3.63, 3.8) is 0 Å². The van der Waals surface area contributed by atoms with Gasteiger partial charge in [-0.2, -0.15) is 0 Å². The third kappa shape index (κ3) is 4.30. The van der Waals surface area contributed by atoms with Gasteiger partial charge in [-0.25, -0.2) is 0 Å². The number of methoxy groups -OCH3 is 1. The Hall–Kier alpha value is -1.89. The molecule has 0 bridgehead atoms. The summed E-state index contributed by atoms with van der Waals surface area (Å²) in [6, 6.07) is 8.42. The number of carbonyl (C=O) groups excluding carboxylic acids is 1. The number of carbonyl (C=O) groups is 1. The molecule has 0 saturated carbocycles. The van der Waals surface area contributed by atoms with Gasteiger partial charge in [-0.1, -0.05) is 29.3 Å². The Morgan fingerprint density at radius 2 is 2.05 bits per heavy atom. The lowest BCUT2D eigenvalue weighted by atomic mass is 10.3. The fourth-order valence-corrected chi connectivity index (χ4v) is 1.96. The van der Waals surface area contributed by atoms with Gasteiger partial charge >= 0.3 is 0 Å². The van der Waals surface area contributed by atoms with Gasteiger partial charge in [0.15, 0.2) is 11.5 Å². The molecule has 0 unspecified atom stereocenters. The zero-order valence-electron chi connectivity index (χ0n) is 11.8. The van der Waals surface area contributed by atoms with Crippen LogP contribution in [0.4, 0.5) is 11.5 Å². The quantitative estimate of drug-likeness (QED) is 0.790. The molecule has 22 heavy (non-hydrogen) atoms. The molecule has 0 aliphatic carbocycles. The summed E-state index contributed by atoms with van der Waals surface area (Å²) < 4.78 is 4.85. The number of hydrogen-bond acceptors (Lipinski definition) is 5. The predicted octanol–water partition coefficient (Wildman–Crippen LogP) is 2.90. The molecule has 116 valence electrons. The van der Waals surface area contributed by atoms with Crippen LogP contribution < -0.4 is 10.6 Å². The van der Waals surface area contributed by atoms with Crippen LogP contribution in [0.25, 0.3) is 0 Å². The average molecular weight is 341 g/mol. The van der Waals surface area contributed by atoms with Crippen molar-refractivity contribution in [2.75, 3.05) is 25.6 Å². The number of hydrogen-bond donors (Lipinski definition) is 2. The molecule has 0 spiro atoms. The van der Waals surface area contributed by atoms with E-state index >= 15 is 0 Å². The van der Waals surface area contributed by atoms with Crippen molar-refractivity contribution in [1.29, 1.82) is 0 Å². The third-order valence-corrected chi connectivity index (χ3v) is 3.52. The summed E-state index contributed by atoms with van der Waals surface area (Å²) >= 11 is 12.0. The number of nitrogens with one attached hydrogen (secondary N) is 2.